The topological polar surface area (TPSA) is 140 Å². The summed E-state index contributed by atoms with van der Waals surface area (Å²) in [6.45, 7) is 1.73. The molecule has 0 atom stereocenters. The van der Waals surface area contributed by atoms with Gasteiger partial charge in [-0.25, -0.2) is 18.9 Å². The number of nitrogens with zero attached hydrogens (tertiary/aromatic N) is 5. The largest absolute Gasteiger partial charge is 0.497 e. The second kappa shape index (κ2) is 9.08. The van der Waals surface area contributed by atoms with E-state index < -0.39 is 21.6 Å². The molecular formula is C22H22N6O5S. The molecule has 0 aliphatic carbocycles. The van der Waals surface area contributed by atoms with E-state index >= 15 is 0 Å². The summed E-state index contributed by atoms with van der Waals surface area (Å²) in [7, 11) is -0.706. The molecule has 11 nitrogen and oxygen atoms in total. The standard InChI is InChI=1S/C22H22N6O5S/c1-14-19-20(18(22(29)26-30)12-24-21(19)27(2)25-14)28(15-8-10-23-11-9-15)13-34(31,32)17-6-4-16(33-3)5-7-17/h4-12,30H,13H2,1-3H3,(H,26,29). The third kappa shape index (κ3) is 4.16. The maximum atomic E-state index is 13.5. The fraction of sp³-hybridized carbons (Fsp3) is 0.182. The van der Waals surface area contributed by atoms with Crippen LogP contribution in [0.2, 0.25) is 0 Å². The highest BCUT2D eigenvalue weighted by Crippen LogP contribution is 2.37. The van der Waals surface area contributed by atoms with Crippen LogP contribution in [0.15, 0.2) is 59.9 Å². The molecule has 0 fully saturated rings. The summed E-state index contributed by atoms with van der Waals surface area (Å²) in [6, 6.07) is 9.29. The first kappa shape index (κ1) is 23.1. The zero-order valence-electron chi connectivity index (χ0n) is 18.6. The van der Waals surface area contributed by atoms with Crippen LogP contribution in [0.3, 0.4) is 0 Å². The van der Waals surface area contributed by atoms with Gasteiger partial charge in [0.15, 0.2) is 15.5 Å². The molecule has 2 N–H and O–H groups in total. The molecule has 0 radical (unpaired) electrons. The summed E-state index contributed by atoms with van der Waals surface area (Å²) in [5.74, 6) is -0.829. The third-order valence-electron chi connectivity index (χ3n) is 5.31. The normalized spacial score (nSPS) is 11.4. The first-order valence-corrected chi connectivity index (χ1v) is 11.7. The van der Waals surface area contributed by atoms with E-state index in [9.17, 15) is 18.4 Å². The molecule has 1 aromatic carbocycles. The van der Waals surface area contributed by atoms with Gasteiger partial charge in [-0.3, -0.25) is 19.7 Å². The Balaban J connectivity index is 1.96. The van der Waals surface area contributed by atoms with Crippen molar-refractivity contribution in [2.45, 2.75) is 11.8 Å². The van der Waals surface area contributed by atoms with E-state index in [1.165, 1.54) is 47.4 Å². The zero-order chi connectivity index (χ0) is 24.5. The van der Waals surface area contributed by atoms with Crippen molar-refractivity contribution in [2.24, 2.45) is 7.05 Å². The van der Waals surface area contributed by atoms with Gasteiger partial charge in [-0.2, -0.15) is 5.10 Å². The molecule has 1 amide bonds. The highest BCUT2D eigenvalue weighted by molar-refractivity contribution is 7.91. The Kier molecular flexibility index (Phi) is 6.18. The van der Waals surface area contributed by atoms with Crippen LogP contribution in [0, 0.1) is 6.92 Å². The number of sulfone groups is 1. The minimum atomic E-state index is -3.90. The van der Waals surface area contributed by atoms with Crippen LogP contribution in [0.5, 0.6) is 5.75 Å². The van der Waals surface area contributed by atoms with Gasteiger partial charge >= 0.3 is 0 Å². The number of ether oxygens (including phenoxy) is 1. The van der Waals surface area contributed by atoms with Crippen molar-refractivity contribution in [3.8, 4) is 5.75 Å². The molecule has 0 aliphatic rings. The number of aryl methyl sites for hydroxylation is 2. The molecule has 0 bridgehead atoms. The van der Waals surface area contributed by atoms with Crippen molar-refractivity contribution in [1.29, 1.82) is 0 Å². The van der Waals surface area contributed by atoms with Crippen LogP contribution in [0.1, 0.15) is 16.1 Å². The molecule has 4 aromatic rings. The molecule has 176 valence electrons. The number of anilines is 2. The summed E-state index contributed by atoms with van der Waals surface area (Å²) in [4.78, 5) is 22.5. The van der Waals surface area contributed by atoms with Crippen molar-refractivity contribution >= 4 is 38.2 Å². The predicted molar refractivity (Wildman–Crippen MR) is 124 cm³/mol. The Morgan fingerprint density at radius 2 is 1.85 bits per heavy atom. The summed E-state index contributed by atoms with van der Waals surface area (Å²) in [5, 5.41) is 14.2. The van der Waals surface area contributed by atoms with Crippen LogP contribution >= 0.6 is 0 Å². The molecule has 0 aliphatic heterocycles. The van der Waals surface area contributed by atoms with Crippen molar-refractivity contribution in [1.82, 2.24) is 25.2 Å². The van der Waals surface area contributed by atoms with Crippen molar-refractivity contribution < 1.29 is 23.2 Å². The van der Waals surface area contributed by atoms with Crippen molar-refractivity contribution in [2.75, 3.05) is 17.9 Å². The fourth-order valence-corrected chi connectivity index (χ4v) is 5.04. The number of nitrogens with one attached hydrogen (secondary N) is 1. The van der Waals surface area contributed by atoms with Gasteiger partial charge in [0, 0.05) is 31.3 Å². The van der Waals surface area contributed by atoms with Gasteiger partial charge in [0.1, 0.15) is 11.6 Å². The van der Waals surface area contributed by atoms with Gasteiger partial charge in [-0.1, -0.05) is 0 Å². The lowest BCUT2D eigenvalue weighted by atomic mass is 10.1. The number of hydrogen-bond donors (Lipinski definition) is 2. The summed E-state index contributed by atoms with van der Waals surface area (Å²) < 4.78 is 33.6. The molecule has 3 heterocycles. The van der Waals surface area contributed by atoms with Crippen LogP contribution in [0.25, 0.3) is 11.0 Å². The minimum absolute atomic E-state index is 0.0205. The number of benzene rings is 1. The monoisotopic (exact) mass is 482 g/mol. The molecule has 34 heavy (non-hydrogen) atoms. The van der Waals surface area contributed by atoms with E-state index in [-0.39, 0.29) is 16.1 Å². The lowest BCUT2D eigenvalue weighted by molar-refractivity contribution is 0.0707. The Morgan fingerprint density at radius 1 is 1.18 bits per heavy atom. The number of hydrogen-bond acceptors (Lipinski definition) is 9. The number of aromatic nitrogens is 4. The molecular weight excluding hydrogens is 460 g/mol. The van der Waals surface area contributed by atoms with Crippen LogP contribution in [-0.4, -0.2) is 52.3 Å². The SMILES string of the molecule is COc1ccc(S(=O)(=O)CN(c2ccncc2)c2c(C(=O)NO)cnc3c2c(C)nn3C)cc1. The average Bonchev–Trinajstić information content (AvgIpc) is 3.15. The third-order valence-corrected chi connectivity index (χ3v) is 6.90. The smallest absolute Gasteiger partial charge is 0.278 e. The molecule has 0 saturated carbocycles. The number of rotatable bonds is 7. The van der Waals surface area contributed by atoms with E-state index in [0.717, 1.165) is 0 Å². The van der Waals surface area contributed by atoms with Crippen LogP contribution < -0.4 is 15.1 Å². The van der Waals surface area contributed by atoms with Gasteiger partial charge in [-0.15, -0.1) is 0 Å². The molecule has 12 heteroatoms. The number of pyridine rings is 2. The zero-order valence-corrected chi connectivity index (χ0v) is 19.4. The molecule has 0 saturated heterocycles. The second-order valence-corrected chi connectivity index (χ2v) is 9.38. The first-order chi connectivity index (χ1) is 16.3. The van der Waals surface area contributed by atoms with Crippen LogP contribution in [-0.2, 0) is 16.9 Å². The lowest BCUT2D eigenvalue weighted by Gasteiger charge is -2.27. The number of amides is 1. The lowest BCUT2D eigenvalue weighted by Crippen LogP contribution is -2.29. The number of fused-ring (bicyclic) bond motifs is 1. The Bertz CT molecular complexity index is 1450. The summed E-state index contributed by atoms with van der Waals surface area (Å²) in [5.41, 5.74) is 3.29. The first-order valence-electron chi connectivity index (χ1n) is 10.1. The van der Waals surface area contributed by atoms with Crippen molar-refractivity contribution in [3.05, 3.63) is 66.2 Å². The Morgan fingerprint density at radius 3 is 2.47 bits per heavy atom. The minimum Gasteiger partial charge on any atom is -0.497 e. The van der Waals surface area contributed by atoms with E-state index in [2.05, 4.69) is 15.1 Å². The summed E-state index contributed by atoms with van der Waals surface area (Å²) in [6.07, 6.45) is 4.31. The highest BCUT2D eigenvalue weighted by atomic mass is 32.2. The molecule has 4 rings (SSSR count). The number of carbonyl (C=O) groups is 1. The van der Waals surface area contributed by atoms with E-state index in [0.29, 0.717) is 28.2 Å². The van der Waals surface area contributed by atoms with Crippen molar-refractivity contribution in [3.63, 3.8) is 0 Å². The van der Waals surface area contributed by atoms with Crippen LogP contribution in [0.4, 0.5) is 11.4 Å². The predicted octanol–water partition coefficient (Wildman–Crippen LogP) is 2.37. The molecule has 3 aromatic heterocycles. The van der Waals surface area contributed by atoms with E-state index in [1.807, 2.05) is 0 Å². The van der Waals surface area contributed by atoms with E-state index in [4.69, 9.17) is 4.74 Å². The second-order valence-electron chi connectivity index (χ2n) is 7.42. The number of carbonyl (C=O) groups excluding carboxylic acids is 1. The maximum Gasteiger partial charge on any atom is 0.278 e. The van der Waals surface area contributed by atoms with Gasteiger partial charge in [0.2, 0.25) is 0 Å². The van der Waals surface area contributed by atoms with Gasteiger partial charge in [0.25, 0.3) is 5.91 Å². The average molecular weight is 483 g/mol. The quantitative estimate of drug-likeness (QED) is 0.300. The fourth-order valence-electron chi connectivity index (χ4n) is 3.72. The van der Waals surface area contributed by atoms with Gasteiger partial charge < -0.3 is 9.64 Å². The number of hydroxylamine groups is 1. The highest BCUT2D eigenvalue weighted by Gasteiger charge is 2.29. The molecule has 0 unspecified atom stereocenters. The molecule has 0 spiro atoms. The Labute approximate surface area is 195 Å². The van der Waals surface area contributed by atoms with E-state index in [1.54, 1.807) is 43.7 Å². The van der Waals surface area contributed by atoms with Gasteiger partial charge in [0.05, 0.1) is 34.3 Å². The Hall–Kier alpha value is -4.03. The number of methoxy groups -OCH3 is 1. The maximum absolute atomic E-state index is 13.5. The van der Waals surface area contributed by atoms with Gasteiger partial charge in [-0.05, 0) is 43.3 Å². The summed E-state index contributed by atoms with van der Waals surface area (Å²) >= 11 is 0.